The predicted octanol–water partition coefficient (Wildman–Crippen LogP) is 5.03. The predicted molar refractivity (Wildman–Crippen MR) is 177 cm³/mol. The lowest BCUT2D eigenvalue weighted by atomic mass is 10.1. The average molecular weight is 656 g/mol. The van der Waals surface area contributed by atoms with Crippen LogP contribution < -0.4 is 28.6 Å². The summed E-state index contributed by atoms with van der Waals surface area (Å²) in [5, 5.41) is 2.98. The molecule has 12 heteroatoms. The van der Waals surface area contributed by atoms with E-state index in [1.165, 1.54) is 37.3 Å². The maximum atomic E-state index is 14.4. The van der Waals surface area contributed by atoms with Gasteiger partial charge in [-0.15, -0.1) is 0 Å². The van der Waals surface area contributed by atoms with Crippen LogP contribution >= 0.6 is 0 Å². The van der Waals surface area contributed by atoms with E-state index in [0.29, 0.717) is 36.7 Å². The molecule has 0 bridgehead atoms. The molecule has 0 aliphatic carbocycles. The monoisotopic (exact) mass is 655 g/mol. The minimum Gasteiger partial charge on any atom is -0.497 e. The number of rotatable bonds is 17. The van der Waals surface area contributed by atoms with E-state index >= 15 is 0 Å². The van der Waals surface area contributed by atoms with Crippen LogP contribution in [0.3, 0.4) is 0 Å². The Labute approximate surface area is 272 Å². The van der Waals surface area contributed by atoms with E-state index < -0.39 is 28.5 Å². The minimum absolute atomic E-state index is 0.0516. The molecule has 0 spiro atoms. The number of sulfonamides is 1. The van der Waals surface area contributed by atoms with Crippen molar-refractivity contribution in [2.24, 2.45) is 0 Å². The molecule has 0 fully saturated rings. The molecule has 3 aromatic carbocycles. The second kappa shape index (κ2) is 16.7. The van der Waals surface area contributed by atoms with Crippen molar-refractivity contribution in [1.82, 2.24) is 10.2 Å². The van der Waals surface area contributed by atoms with Gasteiger partial charge in [-0.1, -0.05) is 26.0 Å². The van der Waals surface area contributed by atoms with Crippen molar-refractivity contribution >= 4 is 27.5 Å². The highest BCUT2D eigenvalue weighted by molar-refractivity contribution is 7.92. The molecule has 0 heterocycles. The molecule has 3 rings (SSSR count). The number of methoxy groups -OCH3 is 3. The molecule has 0 radical (unpaired) electrons. The zero-order valence-electron chi connectivity index (χ0n) is 27.6. The maximum Gasteiger partial charge on any atom is 0.264 e. The molecular formula is C34H45N3O8S. The molecule has 0 saturated heterocycles. The van der Waals surface area contributed by atoms with Crippen LogP contribution in [0.15, 0.2) is 71.6 Å². The standard InChI is InChI=1S/C34H45N3O8S/c1-8-24(4)35-34(39)30(9-2)36(22-25-12-11-13-28(20-25)42-5)33(38)23-37(26-14-16-27(17-15-26)45-10-3)46(40,41)29-18-19-31(43-6)32(21-29)44-7/h11-21,24,30H,8-10,22-23H2,1-7H3,(H,35,39)/t24-,30+/m1/s1. The summed E-state index contributed by atoms with van der Waals surface area (Å²) >= 11 is 0. The molecule has 0 aliphatic rings. The molecule has 0 saturated carbocycles. The minimum atomic E-state index is -4.34. The van der Waals surface area contributed by atoms with Crippen LogP contribution in [0.2, 0.25) is 0 Å². The van der Waals surface area contributed by atoms with E-state index in [2.05, 4.69) is 5.32 Å². The first-order chi connectivity index (χ1) is 22.0. The number of anilines is 1. The second-order valence-corrected chi connectivity index (χ2v) is 12.4. The SMILES string of the molecule is CCOc1ccc(N(CC(=O)N(Cc2cccc(OC)c2)[C@@H](CC)C(=O)N[C@H](C)CC)S(=O)(=O)c2ccc(OC)c(OC)c2)cc1. The molecule has 2 atom stereocenters. The largest absolute Gasteiger partial charge is 0.497 e. The normalized spacial score (nSPS) is 12.4. The summed E-state index contributed by atoms with van der Waals surface area (Å²) in [4.78, 5) is 29.2. The molecule has 0 aliphatic heterocycles. The Balaban J connectivity index is 2.12. The molecule has 46 heavy (non-hydrogen) atoms. The quantitative estimate of drug-likeness (QED) is 0.215. The van der Waals surface area contributed by atoms with Gasteiger partial charge in [-0.05, 0) is 80.8 Å². The van der Waals surface area contributed by atoms with Gasteiger partial charge >= 0.3 is 0 Å². The van der Waals surface area contributed by atoms with Gasteiger partial charge in [-0.25, -0.2) is 8.42 Å². The van der Waals surface area contributed by atoms with Crippen molar-refractivity contribution < 1.29 is 37.0 Å². The molecule has 250 valence electrons. The fourth-order valence-electron chi connectivity index (χ4n) is 4.84. The lowest BCUT2D eigenvalue weighted by molar-refractivity contribution is -0.140. The van der Waals surface area contributed by atoms with Gasteiger partial charge in [-0.2, -0.15) is 0 Å². The first-order valence-electron chi connectivity index (χ1n) is 15.2. The molecule has 11 nitrogen and oxygen atoms in total. The molecular weight excluding hydrogens is 610 g/mol. The third kappa shape index (κ3) is 8.84. The number of benzene rings is 3. The topological polar surface area (TPSA) is 124 Å². The Bertz CT molecular complexity index is 1560. The van der Waals surface area contributed by atoms with Gasteiger partial charge in [0.25, 0.3) is 10.0 Å². The van der Waals surface area contributed by atoms with E-state index in [9.17, 15) is 18.0 Å². The van der Waals surface area contributed by atoms with Gasteiger partial charge in [-0.3, -0.25) is 13.9 Å². The van der Waals surface area contributed by atoms with Crippen LogP contribution in [0.5, 0.6) is 23.0 Å². The van der Waals surface area contributed by atoms with E-state index in [1.54, 1.807) is 49.6 Å². The molecule has 3 aromatic rings. The van der Waals surface area contributed by atoms with Crippen LogP contribution in [0.25, 0.3) is 0 Å². The van der Waals surface area contributed by atoms with Crippen LogP contribution in [0, 0.1) is 0 Å². The van der Waals surface area contributed by atoms with Crippen molar-refractivity contribution in [3.63, 3.8) is 0 Å². The van der Waals surface area contributed by atoms with Crippen molar-refractivity contribution in [3.8, 4) is 23.0 Å². The smallest absolute Gasteiger partial charge is 0.264 e. The number of nitrogens with zero attached hydrogens (tertiary/aromatic N) is 2. The number of carbonyl (C=O) groups excluding carboxylic acids is 2. The van der Waals surface area contributed by atoms with Gasteiger partial charge in [0, 0.05) is 18.7 Å². The molecule has 1 N–H and O–H groups in total. The third-order valence-electron chi connectivity index (χ3n) is 7.53. The number of nitrogens with one attached hydrogen (secondary N) is 1. The van der Waals surface area contributed by atoms with E-state index in [4.69, 9.17) is 18.9 Å². The summed E-state index contributed by atoms with van der Waals surface area (Å²) in [7, 11) is 0.0744. The Morgan fingerprint density at radius 2 is 1.52 bits per heavy atom. The van der Waals surface area contributed by atoms with Crippen molar-refractivity contribution in [2.45, 2.75) is 64.1 Å². The lowest BCUT2D eigenvalue weighted by Gasteiger charge is -2.34. The number of hydrogen-bond donors (Lipinski definition) is 1. The van der Waals surface area contributed by atoms with Crippen molar-refractivity contribution in [1.29, 1.82) is 0 Å². The summed E-state index contributed by atoms with van der Waals surface area (Å²) in [6.07, 6.45) is 1.02. The van der Waals surface area contributed by atoms with Gasteiger partial charge in [0.1, 0.15) is 24.1 Å². The van der Waals surface area contributed by atoms with Gasteiger partial charge < -0.3 is 29.2 Å². The summed E-state index contributed by atoms with van der Waals surface area (Å²) in [5.74, 6) is 0.833. The maximum absolute atomic E-state index is 14.4. The third-order valence-corrected chi connectivity index (χ3v) is 9.30. The number of hydrogen-bond acceptors (Lipinski definition) is 8. The Hall–Kier alpha value is -4.45. The van der Waals surface area contributed by atoms with Crippen LogP contribution in [-0.2, 0) is 26.2 Å². The highest BCUT2D eigenvalue weighted by atomic mass is 32.2. The molecule has 0 aromatic heterocycles. The fraction of sp³-hybridized carbons (Fsp3) is 0.412. The highest BCUT2D eigenvalue weighted by Gasteiger charge is 2.34. The highest BCUT2D eigenvalue weighted by Crippen LogP contribution is 2.33. The summed E-state index contributed by atoms with van der Waals surface area (Å²) in [6, 6.07) is 16.9. The Morgan fingerprint density at radius 1 is 0.826 bits per heavy atom. The molecule has 0 unspecified atom stereocenters. The number of amides is 2. The van der Waals surface area contributed by atoms with Crippen molar-refractivity contribution in [3.05, 3.63) is 72.3 Å². The number of ether oxygens (including phenoxy) is 4. The Morgan fingerprint density at radius 3 is 2.11 bits per heavy atom. The van der Waals surface area contributed by atoms with Gasteiger partial charge in [0.2, 0.25) is 11.8 Å². The van der Waals surface area contributed by atoms with Crippen LogP contribution in [-0.4, -0.2) is 71.7 Å². The second-order valence-electron chi connectivity index (χ2n) is 10.6. The van der Waals surface area contributed by atoms with Gasteiger partial charge in [0.15, 0.2) is 11.5 Å². The Kier molecular flexibility index (Phi) is 13.1. The lowest BCUT2D eigenvalue weighted by Crippen LogP contribution is -2.53. The first-order valence-corrected chi connectivity index (χ1v) is 16.7. The van der Waals surface area contributed by atoms with Crippen molar-refractivity contribution in [2.75, 3.05) is 38.8 Å². The van der Waals surface area contributed by atoms with E-state index in [0.717, 1.165) is 9.87 Å². The van der Waals surface area contributed by atoms with Crippen LogP contribution in [0.4, 0.5) is 5.69 Å². The van der Waals surface area contributed by atoms with Crippen LogP contribution in [0.1, 0.15) is 46.1 Å². The zero-order valence-corrected chi connectivity index (χ0v) is 28.4. The number of carbonyl (C=O) groups is 2. The zero-order chi connectivity index (χ0) is 33.9. The average Bonchev–Trinajstić information content (AvgIpc) is 3.07. The summed E-state index contributed by atoms with van der Waals surface area (Å²) in [5.41, 5.74) is 0.961. The fourth-order valence-corrected chi connectivity index (χ4v) is 6.27. The van der Waals surface area contributed by atoms with Gasteiger partial charge in [0.05, 0.1) is 38.5 Å². The summed E-state index contributed by atoms with van der Waals surface area (Å²) in [6.45, 7) is 7.41. The first kappa shape index (κ1) is 36.0. The molecule has 2 amide bonds. The van der Waals surface area contributed by atoms with E-state index in [-0.39, 0.29) is 34.8 Å². The van der Waals surface area contributed by atoms with E-state index in [1.807, 2.05) is 33.8 Å². The summed E-state index contributed by atoms with van der Waals surface area (Å²) < 4.78 is 51.2.